The van der Waals surface area contributed by atoms with Crippen molar-refractivity contribution in [2.45, 2.75) is 57.3 Å². The topological polar surface area (TPSA) is 9.23 Å². The lowest BCUT2D eigenvalue weighted by Gasteiger charge is -2.30. The van der Waals surface area contributed by atoms with E-state index in [0.717, 1.165) is 5.92 Å². The Morgan fingerprint density at radius 1 is 1.25 bits per heavy atom. The molecule has 2 aliphatic rings. The van der Waals surface area contributed by atoms with Crippen LogP contribution < -0.4 is 0 Å². The molecular weight excluding hydrogens is 164 g/mol. The molecule has 0 spiro atoms. The molecule has 2 saturated carbocycles. The molecule has 0 aromatic rings. The third kappa shape index (κ3) is 1.60. The zero-order valence-electron chi connectivity index (χ0n) is 8.52. The summed E-state index contributed by atoms with van der Waals surface area (Å²) < 4.78 is 6.28. The normalized spacial score (nSPS) is 40.8. The van der Waals surface area contributed by atoms with Crippen LogP contribution >= 0.6 is 0 Å². The second-order valence-corrected chi connectivity index (χ2v) is 9.85. The summed E-state index contributed by atoms with van der Waals surface area (Å²) in [5.74, 6) is 0.943. The summed E-state index contributed by atoms with van der Waals surface area (Å²) in [4.78, 5) is 0. The predicted molar refractivity (Wildman–Crippen MR) is 53.7 cm³/mol. The molecule has 0 N–H and O–H groups in total. The Bertz CT molecular complexity index is 185. The van der Waals surface area contributed by atoms with E-state index in [9.17, 15) is 0 Å². The summed E-state index contributed by atoms with van der Waals surface area (Å²) in [6, 6.07) is 0. The van der Waals surface area contributed by atoms with Gasteiger partial charge >= 0.3 is 0 Å². The molecule has 2 aliphatic carbocycles. The van der Waals surface area contributed by atoms with Crippen LogP contribution in [0.4, 0.5) is 0 Å². The van der Waals surface area contributed by atoms with Crippen molar-refractivity contribution >= 4 is 8.32 Å². The second kappa shape index (κ2) is 2.58. The van der Waals surface area contributed by atoms with Crippen molar-refractivity contribution in [2.75, 3.05) is 0 Å². The highest BCUT2D eigenvalue weighted by atomic mass is 28.4. The van der Waals surface area contributed by atoms with E-state index in [1.165, 1.54) is 32.1 Å². The highest BCUT2D eigenvalue weighted by molar-refractivity contribution is 6.69. The van der Waals surface area contributed by atoms with E-state index in [1.807, 2.05) is 0 Å². The maximum atomic E-state index is 6.28. The minimum Gasteiger partial charge on any atom is -0.412 e. The largest absolute Gasteiger partial charge is 0.412 e. The molecule has 2 atom stereocenters. The lowest BCUT2D eigenvalue weighted by molar-refractivity contribution is 0.120. The summed E-state index contributed by atoms with van der Waals surface area (Å²) in [5, 5.41) is 0. The maximum absolute atomic E-state index is 6.28. The van der Waals surface area contributed by atoms with Crippen LogP contribution in [0.15, 0.2) is 0 Å². The Balaban J connectivity index is 1.96. The van der Waals surface area contributed by atoms with Gasteiger partial charge in [0.1, 0.15) is 0 Å². The lowest BCUT2D eigenvalue weighted by atomic mass is 9.98. The molecule has 1 unspecified atom stereocenters. The smallest absolute Gasteiger partial charge is 0.184 e. The van der Waals surface area contributed by atoms with Crippen molar-refractivity contribution < 1.29 is 4.43 Å². The first-order chi connectivity index (χ1) is 5.52. The van der Waals surface area contributed by atoms with Crippen LogP contribution in [0.5, 0.6) is 0 Å². The molecule has 0 amide bonds. The van der Waals surface area contributed by atoms with Gasteiger partial charge < -0.3 is 4.43 Å². The fraction of sp³-hybridized carbons (Fsp3) is 1.00. The Hall–Kier alpha value is 0.177. The minimum atomic E-state index is -1.28. The van der Waals surface area contributed by atoms with Gasteiger partial charge in [-0.2, -0.15) is 0 Å². The Morgan fingerprint density at radius 2 is 2.00 bits per heavy atom. The minimum absolute atomic E-state index is 0.392. The summed E-state index contributed by atoms with van der Waals surface area (Å²) in [6.07, 6.45) is 7.01. The molecule has 0 aromatic heterocycles. The van der Waals surface area contributed by atoms with Gasteiger partial charge in [-0.05, 0) is 44.8 Å². The van der Waals surface area contributed by atoms with Crippen LogP contribution in [0.3, 0.4) is 0 Å². The highest BCUT2D eigenvalue weighted by Crippen LogP contribution is 2.57. The molecule has 12 heavy (non-hydrogen) atoms. The molecule has 0 saturated heterocycles. The zero-order chi connectivity index (χ0) is 8.82. The standard InChI is InChI=1S/C10H20OSi/c1-12(2,3)11-10-7-5-4-6-9(10)8-10/h9H,4-8H2,1-3H3/t9?,10-/m0/s1. The third-order valence-corrected chi connectivity index (χ3v) is 4.11. The first-order valence-corrected chi connectivity index (χ1v) is 8.63. The van der Waals surface area contributed by atoms with Crippen LogP contribution in [-0.4, -0.2) is 13.9 Å². The summed E-state index contributed by atoms with van der Waals surface area (Å²) >= 11 is 0. The Labute approximate surface area is 76.6 Å². The van der Waals surface area contributed by atoms with E-state index in [-0.39, 0.29) is 0 Å². The number of hydrogen-bond donors (Lipinski definition) is 0. The van der Waals surface area contributed by atoms with Crippen LogP contribution in [0.2, 0.25) is 19.6 Å². The van der Waals surface area contributed by atoms with E-state index in [4.69, 9.17) is 4.43 Å². The summed E-state index contributed by atoms with van der Waals surface area (Å²) in [6.45, 7) is 6.93. The van der Waals surface area contributed by atoms with Crippen molar-refractivity contribution in [1.29, 1.82) is 0 Å². The highest BCUT2D eigenvalue weighted by Gasteiger charge is 2.57. The zero-order valence-corrected chi connectivity index (χ0v) is 9.52. The van der Waals surface area contributed by atoms with Crippen LogP contribution in [0.1, 0.15) is 32.1 Å². The Morgan fingerprint density at radius 3 is 2.58 bits per heavy atom. The first-order valence-electron chi connectivity index (χ1n) is 5.22. The van der Waals surface area contributed by atoms with E-state index < -0.39 is 8.32 Å². The van der Waals surface area contributed by atoms with Gasteiger partial charge in [-0.25, -0.2) is 0 Å². The SMILES string of the molecule is C[Si](C)(C)O[C@]12CCCCC1C2. The van der Waals surface area contributed by atoms with Crippen molar-refractivity contribution in [3.05, 3.63) is 0 Å². The third-order valence-electron chi connectivity index (χ3n) is 3.09. The van der Waals surface area contributed by atoms with Gasteiger partial charge in [-0.3, -0.25) is 0 Å². The monoisotopic (exact) mass is 184 g/mol. The molecule has 2 fully saturated rings. The molecule has 0 aromatic carbocycles. The van der Waals surface area contributed by atoms with Gasteiger partial charge in [0.15, 0.2) is 8.32 Å². The molecule has 2 rings (SSSR count). The first kappa shape index (κ1) is 8.76. The van der Waals surface area contributed by atoms with Crippen molar-refractivity contribution in [2.24, 2.45) is 5.92 Å². The van der Waals surface area contributed by atoms with Crippen LogP contribution in [0.25, 0.3) is 0 Å². The van der Waals surface area contributed by atoms with Gasteiger partial charge in [-0.1, -0.05) is 12.8 Å². The van der Waals surface area contributed by atoms with Gasteiger partial charge in [0.2, 0.25) is 0 Å². The molecular formula is C10H20OSi. The van der Waals surface area contributed by atoms with Crippen molar-refractivity contribution in [3.8, 4) is 0 Å². The van der Waals surface area contributed by atoms with Gasteiger partial charge in [0, 0.05) is 0 Å². The average molecular weight is 184 g/mol. The molecule has 2 heteroatoms. The van der Waals surface area contributed by atoms with E-state index in [2.05, 4.69) is 19.6 Å². The molecule has 1 nitrogen and oxygen atoms in total. The molecule has 0 bridgehead atoms. The van der Waals surface area contributed by atoms with Crippen LogP contribution in [0, 0.1) is 5.92 Å². The predicted octanol–water partition coefficient (Wildman–Crippen LogP) is 3.17. The summed E-state index contributed by atoms with van der Waals surface area (Å²) in [7, 11) is -1.28. The fourth-order valence-corrected chi connectivity index (χ4v) is 4.20. The Kier molecular flexibility index (Phi) is 1.88. The number of rotatable bonds is 2. The lowest BCUT2D eigenvalue weighted by Crippen LogP contribution is -2.35. The second-order valence-electron chi connectivity index (χ2n) is 5.43. The molecule has 0 aliphatic heterocycles. The van der Waals surface area contributed by atoms with Gasteiger partial charge in [-0.15, -0.1) is 0 Å². The quantitative estimate of drug-likeness (QED) is 0.599. The maximum Gasteiger partial charge on any atom is 0.184 e. The fourth-order valence-electron chi connectivity index (χ4n) is 2.63. The number of fused-ring (bicyclic) bond motifs is 1. The van der Waals surface area contributed by atoms with Crippen LogP contribution in [-0.2, 0) is 4.43 Å². The molecule has 0 radical (unpaired) electrons. The average Bonchev–Trinajstić information content (AvgIpc) is 2.56. The number of hydrogen-bond acceptors (Lipinski definition) is 1. The summed E-state index contributed by atoms with van der Waals surface area (Å²) in [5.41, 5.74) is 0.392. The van der Waals surface area contributed by atoms with E-state index in [0.29, 0.717) is 5.60 Å². The van der Waals surface area contributed by atoms with Crippen molar-refractivity contribution in [1.82, 2.24) is 0 Å². The molecule has 70 valence electrons. The van der Waals surface area contributed by atoms with E-state index >= 15 is 0 Å². The van der Waals surface area contributed by atoms with Gasteiger partial charge in [0.05, 0.1) is 5.60 Å². The van der Waals surface area contributed by atoms with Gasteiger partial charge in [0.25, 0.3) is 0 Å². The molecule has 0 heterocycles. The van der Waals surface area contributed by atoms with E-state index in [1.54, 1.807) is 0 Å². The van der Waals surface area contributed by atoms with Crippen molar-refractivity contribution in [3.63, 3.8) is 0 Å².